The van der Waals surface area contributed by atoms with Crippen LogP contribution in [0.3, 0.4) is 0 Å². The van der Waals surface area contributed by atoms with E-state index in [-0.39, 0.29) is 17.1 Å². The summed E-state index contributed by atoms with van der Waals surface area (Å²) in [5.74, 6) is 0.500. The third kappa shape index (κ3) is 4.13. The van der Waals surface area contributed by atoms with E-state index in [1.54, 1.807) is 12.1 Å². The van der Waals surface area contributed by atoms with E-state index in [9.17, 15) is 9.90 Å². The van der Waals surface area contributed by atoms with E-state index in [1.165, 1.54) is 5.56 Å². The zero-order valence-electron chi connectivity index (χ0n) is 15.0. The Hall–Kier alpha value is -2.49. The van der Waals surface area contributed by atoms with Gasteiger partial charge >= 0.3 is 0 Å². The summed E-state index contributed by atoms with van der Waals surface area (Å²) >= 11 is 0. The molecular weight excluding hydrogens is 312 g/mol. The maximum absolute atomic E-state index is 12.7. The van der Waals surface area contributed by atoms with E-state index in [4.69, 9.17) is 0 Å². The lowest BCUT2D eigenvalue weighted by Gasteiger charge is -2.37. The Balaban J connectivity index is 1.57. The normalized spacial score (nSPS) is 15.3. The van der Waals surface area contributed by atoms with Crippen LogP contribution in [0.15, 0.2) is 54.6 Å². The SMILES string of the molecule is CC(C)(CC(=O)N1CCN(c2ccc(O)cc2)CC1)c1ccccc1. The molecule has 1 saturated heterocycles. The highest BCUT2D eigenvalue weighted by Crippen LogP contribution is 2.28. The molecule has 2 aromatic rings. The van der Waals surface area contributed by atoms with Crippen LogP contribution >= 0.6 is 0 Å². The minimum atomic E-state index is -0.160. The Morgan fingerprint density at radius 3 is 2.16 bits per heavy atom. The number of phenols is 1. The number of carbonyl (C=O) groups is 1. The molecule has 1 fully saturated rings. The molecule has 2 aromatic carbocycles. The molecule has 0 radical (unpaired) electrons. The first-order valence-electron chi connectivity index (χ1n) is 8.83. The minimum absolute atomic E-state index is 0.160. The summed E-state index contributed by atoms with van der Waals surface area (Å²) in [6.45, 7) is 7.39. The van der Waals surface area contributed by atoms with Crippen LogP contribution in [0.5, 0.6) is 5.75 Å². The van der Waals surface area contributed by atoms with Crippen molar-refractivity contribution in [3.8, 4) is 5.75 Å². The van der Waals surface area contributed by atoms with Crippen molar-refractivity contribution in [3.05, 3.63) is 60.2 Å². The van der Waals surface area contributed by atoms with Gasteiger partial charge in [0.1, 0.15) is 5.75 Å². The van der Waals surface area contributed by atoms with Crippen molar-refractivity contribution < 1.29 is 9.90 Å². The second-order valence-electron chi connectivity index (χ2n) is 7.31. The van der Waals surface area contributed by atoms with Gasteiger partial charge in [-0.2, -0.15) is 0 Å². The standard InChI is InChI=1S/C21H26N2O2/c1-21(2,17-6-4-3-5-7-17)16-20(25)23-14-12-22(13-15-23)18-8-10-19(24)11-9-18/h3-11,24H,12-16H2,1-2H3. The van der Waals surface area contributed by atoms with Crippen molar-refractivity contribution in [2.24, 2.45) is 0 Å². The summed E-state index contributed by atoms with van der Waals surface area (Å²) in [6, 6.07) is 17.5. The number of phenolic OH excluding ortho intramolecular Hbond substituents is 1. The van der Waals surface area contributed by atoms with E-state index >= 15 is 0 Å². The Morgan fingerprint density at radius 1 is 0.960 bits per heavy atom. The first-order valence-corrected chi connectivity index (χ1v) is 8.83. The molecule has 1 aliphatic rings. The molecule has 0 unspecified atom stereocenters. The fourth-order valence-corrected chi connectivity index (χ4v) is 3.36. The Morgan fingerprint density at radius 2 is 1.56 bits per heavy atom. The molecule has 0 aromatic heterocycles. The summed E-state index contributed by atoms with van der Waals surface area (Å²) in [7, 11) is 0. The summed E-state index contributed by atoms with van der Waals surface area (Å²) in [6.07, 6.45) is 0.524. The van der Waals surface area contributed by atoms with Crippen molar-refractivity contribution in [2.45, 2.75) is 25.7 Å². The average Bonchev–Trinajstić information content (AvgIpc) is 2.63. The highest BCUT2D eigenvalue weighted by Gasteiger charge is 2.28. The molecule has 0 saturated carbocycles. The smallest absolute Gasteiger partial charge is 0.223 e. The van der Waals surface area contributed by atoms with Crippen molar-refractivity contribution in [2.75, 3.05) is 31.1 Å². The number of hydrogen-bond donors (Lipinski definition) is 1. The molecule has 25 heavy (non-hydrogen) atoms. The molecule has 1 heterocycles. The van der Waals surface area contributed by atoms with Gasteiger partial charge in [0.15, 0.2) is 0 Å². The first-order chi connectivity index (χ1) is 12.0. The second kappa shape index (κ2) is 7.18. The van der Waals surface area contributed by atoms with Gasteiger partial charge in [-0.25, -0.2) is 0 Å². The predicted molar refractivity (Wildman–Crippen MR) is 101 cm³/mol. The zero-order chi connectivity index (χ0) is 17.9. The third-order valence-corrected chi connectivity index (χ3v) is 5.00. The van der Waals surface area contributed by atoms with Gasteiger partial charge in [-0.1, -0.05) is 44.2 Å². The van der Waals surface area contributed by atoms with Crippen molar-refractivity contribution in [1.82, 2.24) is 4.90 Å². The van der Waals surface area contributed by atoms with Crippen molar-refractivity contribution in [3.63, 3.8) is 0 Å². The number of hydrogen-bond acceptors (Lipinski definition) is 3. The van der Waals surface area contributed by atoms with Gasteiger partial charge in [-0.05, 0) is 35.2 Å². The van der Waals surface area contributed by atoms with Gasteiger partial charge in [0.25, 0.3) is 0 Å². The second-order valence-corrected chi connectivity index (χ2v) is 7.31. The van der Waals surface area contributed by atoms with Gasteiger partial charge < -0.3 is 14.9 Å². The van der Waals surface area contributed by atoms with Crippen LogP contribution in [-0.4, -0.2) is 42.1 Å². The Kier molecular flexibility index (Phi) is 4.98. The zero-order valence-corrected chi connectivity index (χ0v) is 15.0. The highest BCUT2D eigenvalue weighted by molar-refractivity contribution is 5.78. The van der Waals surface area contributed by atoms with E-state index in [1.807, 2.05) is 35.2 Å². The van der Waals surface area contributed by atoms with Gasteiger partial charge in [-0.3, -0.25) is 4.79 Å². The lowest BCUT2D eigenvalue weighted by Crippen LogP contribution is -2.49. The molecule has 1 amide bonds. The number of benzene rings is 2. The van der Waals surface area contributed by atoms with Gasteiger partial charge in [0, 0.05) is 38.3 Å². The molecule has 1 N–H and O–H groups in total. The highest BCUT2D eigenvalue weighted by atomic mass is 16.3. The molecular formula is C21H26N2O2. The van der Waals surface area contributed by atoms with Crippen LogP contribution in [0, 0.1) is 0 Å². The molecule has 0 bridgehead atoms. The van der Waals surface area contributed by atoms with E-state index in [0.29, 0.717) is 6.42 Å². The van der Waals surface area contributed by atoms with Crippen LogP contribution < -0.4 is 4.90 Å². The molecule has 132 valence electrons. The lowest BCUT2D eigenvalue weighted by atomic mass is 9.81. The average molecular weight is 338 g/mol. The molecule has 3 rings (SSSR count). The summed E-state index contributed by atoms with van der Waals surface area (Å²) in [5, 5.41) is 9.40. The number of rotatable bonds is 4. The quantitative estimate of drug-likeness (QED) is 0.929. The van der Waals surface area contributed by atoms with Crippen molar-refractivity contribution >= 4 is 11.6 Å². The van der Waals surface area contributed by atoms with Crippen LogP contribution in [0.1, 0.15) is 25.8 Å². The Labute approximate surface area is 149 Å². The molecule has 0 spiro atoms. The molecule has 4 heteroatoms. The molecule has 1 aliphatic heterocycles. The molecule has 0 aliphatic carbocycles. The lowest BCUT2D eigenvalue weighted by molar-refractivity contribution is -0.132. The third-order valence-electron chi connectivity index (χ3n) is 5.00. The van der Waals surface area contributed by atoms with E-state index in [2.05, 4.69) is 30.9 Å². The Bertz CT molecular complexity index is 702. The van der Waals surface area contributed by atoms with Gasteiger partial charge in [0.2, 0.25) is 5.91 Å². The maximum atomic E-state index is 12.7. The first kappa shape index (κ1) is 17.3. The largest absolute Gasteiger partial charge is 0.508 e. The van der Waals surface area contributed by atoms with Gasteiger partial charge in [-0.15, -0.1) is 0 Å². The van der Waals surface area contributed by atoms with Gasteiger partial charge in [0.05, 0.1) is 0 Å². The summed E-state index contributed by atoms with van der Waals surface area (Å²) < 4.78 is 0. The van der Waals surface area contributed by atoms with Crippen molar-refractivity contribution in [1.29, 1.82) is 0 Å². The topological polar surface area (TPSA) is 43.8 Å². The van der Waals surface area contributed by atoms with Crippen LogP contribution in [0.25, 0.3) is 0 Å². The van der Waals surface area contributed by atoms with Crippen LogP contribution in [-0.2, 0) is 10.2 Å². The predicted octanol–water partition coefficient (Wildman–Crippen LogP) is 3.41. The maximum Gasteiger partial charge on any atom is 0.223 e. The monoisotopic (exact) mass is 338 g/mol. The van der Waals surface area contributed by atoms with Crippen LogP contribution in [0.2, 0.25) is 0 Å². The molecule has 0 atom stereocenters. The number of carbonyl (C=O) groups excluding carboxylic acids is 1. The fraction of sp³-hybridized carbons (Fsp3) is 0.381. The number of amides is 1. The minimum Gasteiger partial charge on any atom is -0.508 e. The fourth-order valence-electron chi connectivity index (χ4n) is 3.36. The number of nitrogens with zero attached hydrogens (tertiary/aromatic N) is 2. The summed E-state index contributed by atoms with van der Waals surface area (Å²) in [5.41, 5.74) is 2.13. The number of piperazine rings is 1. The number of aromatic hydroxyl groups is 1. The van der Waals surface area contributed by atoms with E-state index in [0.717, 1.165) is 31.9 Å². The summed E-state index contributed by atoms with van der Waals surface area (Å²) in [4.78, 5) is 17.0. The van der Waals surface area contributed by atoms with E-state index < -0.39 is 0 Å². The van der Waals surface area contributed by atoms with Crippen LogP contribution in [0.4, 0.5) is 5.69 Å². The number of anilines is 1. The molecule has 4 nitrogen and oxygen atoms in total.